The van der Waals surface area contributed by atoms with Gasteiger partial charge in [-0.2, -0.15) is 0 Å². The lowest BCUT2D eigenvalue weighted by Gasteiger charge is -2.18. The Bertz CT molecular complexity index is 891. The molecule has 0 saturated heterocycles. The lowest BCUT2D eigenvalue weighted by molar-refractivity contribution is -0.140. The molecule has 1 amide bonds. The Morgan fingerprint density at radius 2 is 1.69 bits per heavy atom. The third-order valence-corrected chi connectivity index (χ3v) is 5.57. The summed E-state index contributed by atoms with van der Waals surface area (Å²) in [4.78, 5) is 23.8. The quantitative estimate of drug-likeness (QED) is 0.774. The van der Waals surface area contributed by atoms with Gasteiger partial charge in [-0.05, 0) is 35.7 Å². The molecule has 0 bridgehead atoms. The molecule has 138 valence electrons. The van der Waals surface area contributed by atoms with Gasteiger partial charge in [0.25, 0.3) is 5.91 Å². The van der Waals surface area contributed by atoms with Gasteiger partial charge in [-0.1, -0.05) is 44.2 Å². The zero-order valence-electron chi connectivity index (χ0n) is 14.5. The third kappa shape index (κ3) is 4.92. The minimum absolute atomic E-state index is 0.209. The van der Waals surface area contributed by atoms with E-state index in [-0.39, 0.29) is 22.1 Å². The largest absolute Gasteiger partial charge is 0.480 e. The van der Waals surface area contributed by atoms with Crippen molar-refractivity contribution in [3.05, 3.63) is 65.7 Å². The first-order chi connectivity index (χ1) is 12.2. The SMILES string of the molecule is CC(C)[C@H](NC(=O)c1cccc(CS(=O)(=O)c2ccccc2)c1)C(=O)O. The monoisotopic (exact) mass is 375 g/mol. The Labute approximate surface area is 152 Å². The van der Waals surface area contributed by atoms with Crippen molar-refractivity contribution < 1.29 is 23.1 Å². The molecule has 0 unspecified atom stereocenters. The first-order valence-electron chi connectivity index (χ1n) is 8.11. The minimum atomic E-state index is -3.53. The normalized spacial score (nSPS) is 12.6. The molecule has 0 spiro atoms. The predicted molar refractivity (Wildman–Crippen MR) is 97.5 cm³/mol. The summed E-state index contributed by atoms with van der Waals surface area (Å²) in [5, 5.41) is 11.6. The molecule has 2 N–H and O–H groups in total. The Hall–Kier alpha value is -2.67. The van der Waals surface area contributed by atoms with Crippen molar-refractivity contribution in [3.63, 3.8) is 0 Å². The van der Waals surface area contributed by atoms with E-state index in [1.807, 2.05) is 0 Å². The third-order valence-electron chi connectivity index (χ3n) is 3.87. The molecule has 7 heteroatoms. The summed E-state index contributed by atoms with van der Waals surface area (Å²) in [7, 11) is -3.53. The lowest BCUT2D eigenvalue weighted by atomic mass is 10.0. The summed E-state index contributed by atoms with van der Waals surface area (Å²) in [5.74, 6) is -2.19. The van der Waals surface area contributed by atoms with Crippen molar-refractivity contribution in [2.24, 2.45) is 5.92 Å². The van der Waals surface area contributed by atoms with Gasteiger partial charge in [-0.3, -0.25) is 4.79 Å². The van der Waals surface area contributed by atoms with E-state index in [1.165, 1.54) is 24.3 Å². The van der Waals surface area contributed by atoms with Gasteiger partial charge < -0.3 is 10.4 Å². The van der Waals surface area contributed by atoms with Crippen LogP contribution < -0.4 is 5.32 Å². The number of carbonyl (C=O) groups excluding carboxylic acids is 1. The fraction of sp³-hybridized carbons (Fsp3) is 0.263. The van der Waals surface area contributed by atoms with Crippen molar-refractivity contribution in [3.8, 4) is 0 Å². The number of hydrogen-bond donors (Lipinski definition) is 2. The fourth-order valence-electron chi connectivity index (χ4n) is 2.47. The number of benzene rings is 2. The Kier molecular flexibility index (Phi) is 6.15. The molecule has 0 aromatic heterocycles. The van der Waals surface area contributed by atoms with Crippen LogP contribution in [0.15, 0.2) is 59.5 Å². The van der Waals surface area contributed by atoms with E-state index in [1.54, 1.807) is 44.2 Å². The maximum Gasteiger partial charge on any atom is 0.326 e. The topological polar surface area (TPSA) is 101 Å². The summed E-state index contributed by atoms with van der Waals surface area (Å²) >= 11 is 0. The second-order valence-electron chi connectivity index (χ2n) is 6.31. The van der Waals surface area contributed by atoms with E-state index in [4.69, 9.17) is 0 Å². The molecule has 0 aliphatic heterocycles. The van der Waals surface area contributed by atoms with Gasteiger partial charge in [-0.25, -0.2) is 13.2 Å². The van der Waals surface area contributed by atoms with E-state index >= 15 is 0 Å². The summed E-state index contributed by atoms with van der Waals surface area (Å²) in [5.41, 5.74) is 0.676. The maximum absolute atomic E-state index is 12.5. The van der Waals surface area contributed by atoms with Crippen LogP contribution in [0.3, 0.4) is 0 Å². The van der Waals surface area contributed by atoms with Gasteiger partial charge in [0.2, 0.25) is 0 Å². The molecule has 0 fully saturated rings. The highest BCUT2D eigenvalue weighted by Gasteiger charge is 2.24. The second kappa shape index (κ2) is 8.14. The van der Waals surface area contributed by atoms with Crippen molar-refractivity contribution >= 4 is 21.7 Å². The van der Waals surface area contributed by atoms with E-state index in [2.05, 4.69) is 5.32 Å². The van der Waals surface area contributed by atoms with Gasteiger partial charge in [0.1, 0.15) is 6.04 Å². The van der Waals surface area contributed by atoms with Crippen molar-refractivity contribution in [1.82, 2.24) is 5.32 Å². The molecule has 0 aliphatic carbocycles. The first kappa shape index (κ1) is 19.7. The standard InChI is InChI=1S/C19H21NO5S/c1-13(2)17(19(22)23)20-18(21)15-8-6-7-14(11-15)12-26(24,25)16-9-4-3-5-10-16/h3-11,13,17H,12H2,1-2H3,(H,20,21)(H,22,23)/t17-/m0/s1. The minimum Gasteiger partial charge on any atom is -0.480 e. The average Bonchev–Trinajstić information content (AvgIpc) is 2.59. The number of hydrogen-bond acceptors (Lipinski definition) is 4. The van der Waals surface area contributed by atoms with E-state index in [0.717, 1.165) is 0 Å². The molecule has 26 heavy (non-hydrogen) atoms. The van der Waals surface area contributed by atoms with Gasteiger partial charge in [0.15, 0.2) is 9.84 Å². The van der Waals surface area contributed by atoms with Gasteiger partial charge in [-0.15, -0.1) is 0 Å². The average molecular weight is 375 g/mol. The molecule has 0 saturated carbocycles. The molecule has 0 radical (unpaired) electrons. The second-order valence-corrected chi connectivity index (χ2v) is 8.30. The van der Waals surface area contributed by atoms with Gasteiger partial charge >= 0.3 is 5.97 Å². The summed E-state index contributed by atoms with van der Waals surface area (Å²) < 4.78 is 24.9. The molecule has 2 aromatic carbocycles. The van der Waals surface area contributed by atoms with Gasteiger partial charge in [0.05, 0.1) is 10.6 Å². The molecule has 0 aliphatic rings. The molecule has 2 aromatic rings. The van der Waals surface area contributed by atoms with Crippen LogP contribution >= 0.6 is 0 Å². The summed E-state index contributed by atoms with van der Waals surface area (Å²) in [6, 6.07) is 13.2. The van der Waals surface area contributed by atoms with Crippen molar-refractivity contribution in [2.45, 2.75) is 30.5 Å². The maximum atomic E-state index is 12.5. The number of rotatable bonds is 7. The fourth-order valence-corrected chi connectivity index (χ4v) is 3.83. The first-order valence-corrected chi connectivity index (χ1v) is 9.76. The van der Waals surface area contributed by atoms with Crippen molar-refractivity contribution in [1.29, 1.82) is 0 Å². The summed E-state index contributed by atoms with van der Waals surface area (Å²) in [6.45, 7) is 3.39. The van der Waals surface area contributed by atoms with Crippen LogP contribution in [0, 0.1) is 5.92 Å². The number of amides is 1. The molecule has 0 heterocycles. The Morgan fingerprint density at radius 1 is 1.04 bits per heavy atom. The van der Waals surface area contributed by atoms with Crippen LogP contribution in [-0.4, -0.2) is 31.4 Å². The zero-order valence-corrected chi connectivity index (χ0v) is 15.4. The lowest BCUT2D eigenvalue weighted by Crippen LogP contribution is -2.44. The predicted octanol–water partition coefficient (Wildman–Crippen LogP) is 2.50. The van der Waals surface area contributed by atoms with E-state index < -0.39 is 27.8 Å². The molecule has 2 rings (SSSR count). The number of carboxylic acid groups (broad SMARTS) is 1. The van der Waals surface area contributed by atoms with Crippen molar-refractivity contribution in [2.75, 3.05) is 0 Å². The summed E-state index contributed by atoms with van der Waals surface area (Å²) in [6.07, 6.45) is 0. The van der Waals surface area contributed by atoms with Crippen LogP contribution in [0.4, 0.5) is 0 Å². The Balaban J connectivity index is 2.20. The highest BCUT2D eigenvalue weighted by molar-refractivity contribution is 7.90. The molecule has 1 atom stereocenters. The van der Waals surface area contributed by atoms with Crippen LogP contribution in [-0.2, 0) is 20.4 Å². The van der Waals surface area contributed by atoms with Gasteiger partial charge in [0, 0.05) is 5.56 Å². The number of carbonyl (C=O) groups is 2. The number of sulfone groups is 1. The van der Waals surface area contributed by atoms with E-state index in [9.17, 15) is 23.1 Å². The van der Waals surface area contributed by atoms with Crippen LogP contribution in [0.2, 0.25) is 0 Å². The van der Waals surface area contributed by atoms with E-state index in [0.29, 0.717) is 5.56 Å². The molecular weight excluding hydrogens is 354 g/mol. The van der Waals surface area contributed by atoms with Crippen LogP contribution in [0.5, 0.6) is 0 Å². The van der Waals surface area contributed by atoms with Crippen LogP contribution in [0.1, 0.15) is 29.8 Å². The number of aliphatic carboxylic acids is 1. The smallest absolute Gasteiger partial charge is 0.326 e. The number of carboxylic acids is 1. The highest BCUT2D eigenvalue weighted by atomic mass is 32.2. The molecular formula is C19H21NO5S. The zero-order chi connectivity index (χ0) is 19.3. The molecule has 6 nitrogen and oxygen atoms in total. The Morgan fingerprint density at radius 3 is 2.27 bits per heavy atom. The van der Waals surface area contributed by atoms with Crippen LogP contribution in [0.25, 0.3) is 0 Å². The number of nitrogens with one attached hydrogen (secondary N) is 1. The highest BCUT2D eigenvalue weighted by Crippen LogP contribution is 2.17.